The van der Waals surface area contributed by atoms with Crippen LogP contribution in [0.3, 0.4) is 0 Å². The summed E-state index contributed by atoms with van der Waals surface area (Å²) in [6, 6.07) is 4.67. The predicted octanol–water partition coefficient (Wildman–Crippen LogP) is 1.39. The summed E-state index contributed by atoms with van der Waals surface area (Å²) in [5.41, 5.74) is 6.29. The fraction of sp³-hybridized carbons (Fsp3) is 0.111. The summed E-state index contributed by atoms with van der Waals surface area (Å²) in [6.45, 7) is 1.37. The van der Waals surface area contributed by atoms with E-state index in [9.17, 15) is 4.79 Å². The number of anilines is 1. The molecule has 80 valence electrons. The van der Waals surface area contributed by atoms with Crippen LogP contribution in [0.5, 0.6) is 0 Å². The molecule has 0 saturated heterocycles. The number of amidine groups is 1. The van der Waals surface area contributed by atoms with Gasteiger partial charge in [0.05, 0.1) is 10.7 Å². The molecule has 6 heteroatoms. The van der Waals surface area contributed by atoms with E-state index in [4.69, 9.17) is 22.5 Å². The van der Waals surface area contributed by atoms with Crippen LogP contribution >= 0.6 is 11.6 Å². The monoisotopic (exact) mass is 227 g/mol. The molecule has 0 aliphatic carbocycles. The van der Waals surface area contributed by atoms with Crippen LogP contribution in [0.4, 0.5) is 5.69 Å². The van der Waals surface area contributed by atoms with E-state index in [0.29, 0.717) is 16.3 Å². The SMILES string of the molecule is CC(=O)Nc1cc(/C(N)=N/O)ccc1Cl. The van der Waals surface area contributed by atoms with Gasteiger partial charge in [-0.05, 0) is 18.2 Å². The first-order valence-corrected chi connectivity index (χ1v) is 4.47. The number of nitrogens with zero attached hydrogens (tertiary/aromatic N) is 1. The third-order valence-electron chi connectivity index (χ3n) is 1.68. The molecule has 0 aromatic heterocycles. The molecule has 1 amide bonds. The summed E-state index contributed by atoms with van der Waals surface area (Å²) in [5.74, 6) is -0.285. The Morgan fingerprint density at radius 3 is 2.80 bits per heavy atom. The number of halogens is 1. The predicted molar refractivity (Wildman–Crippen MR) is 58.3 cm³/mol. The van der Waals surface area contributed by atoms with Gasteiger partial charge in [0.2, 0.25) is 5.91 Å². The maximum absolute atomic E-state index is 10.8. The van der Waals surface area contributed by atoms with Crippen LogP contribution in [0.15, 0.2) is 23.4 Å². The Hall–Kier alpha value is -1.75. The van der Waals surface area contributed by atoms with Crippen LogP contribution in [-0.4, -0.2) is 17.0 Å². The summed E-state index contributed by atoms with van der Waals surface area (Å²) in [7, 11) is 0. The van der Waals surface area contributed by atoms with Crippen molar-refractivity contribution < 1.29 is 10.0 Å². The number of oxime groups is 1. The Labute approximate surface area is 91.5 Å². The Balaban J connectivity index is 3.10. The van der Waals surface area contributed by atoms with Gasteiger partial charge in [0, 0.05) is 12.5 Å². The van der Waals surface area contributed by atoms with Crippen molar-refractivity contribution in [1.82, 2.24) is 0 Å². The van der Waals surface area contributed by atoms with Gasteiger partial charge < -0.3 is 16.3 Å². The van der Waals surface area contributed by atoms with Crippen LogP contribution in [-0.2, 0) is 4.79 Å². The first kappa shape index (κ1) is 11.3. The zero-order valence-corrected chi connectivity index (χ0v) is 8.75. The highest BCUT2D eigenvalue weighted by Gasteiger charge is 2.06. The number of hydrogen-bond donors (Lipinski definition) is 3. The van der Waals surface area contributed by atoms with E-state index in [1.165, 1.54) is 13.0 Å². The third-order valence-corrected chi connectivity index (χ3v) is 2.01. The van der Waals surface area contributed by atoms with E-state index in [2.05, 4.69) is 10.5 Å². The number of rotatable bonds is 2. The average molecular weight is 228 g/mol. The van der Waals surface area contributed by atoms with Crippen molar-refractivity contribution in [1.29, 1.82) is 0 Å². The van der Waals surface area contributed by atoms with Gasteiger partial charge in [-0.3, -0.25) is 4.79 Å². The molecule has 0 atom stereocenters. The lowest BCUT2D eigenvalue weighted by Gasteiger charge is -2.06. The molecular weight excluding hydrogens is 218 g/mol. The molecule has 0 heterocycles. The number of amides is 1. The lowest BCUT2D eigenvalue weighted by molar-refractivity contribution is -0.114. The van der Waals surface area contributed by atoms with Crippen molar-refractivity contribution in [2.24, 2.45) is 10.9 Å². The van der Waals surface area contributed by atoms with Crippen LogP contribution in [0, 0.1) is 0 Å². The average Bonchev–Trinajstić information content (AvgIpc) is 2.19. The van der Waals surface area contributed by atoms with Gasteiger partial charge in [0.15, 0.2) is 5.84 Å². The van der Waals surface area contributed by atoms with Gasteiger partial charge in [-0.25, -0.2) is 0 Å². The summed E-state index contributed by atoms with van der Waals surface area (Å²) in [6.07, 6.45) is 0. The molecule has 5 nitrogen and oxygen atoms in total. The largest absolute Gasteiger partial charge is 0.409 e. The van der Waals surface area contributed by atoms with Crippen molar-refractivity contribution in [2.45, 2.75) is 6.92 Å². The van der Waals surface area contributed by atoms with E-state index in [-0.39, 0.29) is 11.7 Å². The fourth-order valence-corrected chi connectivity index (χ4v) is 1.19. The van der Waals surface area contributed by atoms with Crippen LogP contribution in [0.1, 0.15) is 12.5 Å². The van der Waals surface area contributed by atoms with Gasteiger partial charge in [-0.15, -0.1) is 0 Å². The van der Waals surface area contributed by atoms with Gasteiger partial charge in [0.25, 0.3) is 0 Å². The number of nitrogens with one attached hydrogen (secondary N) is 1. The second kappa shape index (κ2) is 4.65. The minimum atomic E-state index is -0.242. The van der Waals surface area contributed by atoms with E-state index >= 15 is 0 Å². The zero-order valence-electron chi connectivity index (χ0n) is 7.99. The van der Waals surface area contributed by atoms with E-state index in [0.717, 1.165) is 0 Å². The van der Waals surface area contributed by atoms with Crippen molar-refractivity contribution in [3.05, 3.63) is 28.8 Å². The normalized spacial score (nSPS) is 11.2. The Morgan fingerprint density at radius 2 is 2.27 bits per heavy atom. The second-order valence-electron chi connectivity index (χ2n) is 2.86. The van der Waals surface area contributed by atoms with Crippen molar-refractivity contribution in [3.63, 3.8) is 0 Å². The lowest BCUT2D eigenvalue weighted by Crippen LogP contribution is -2.14. The molecule has 0 fully saturated rings. The smallest absolute Gasteiger partial charge is 0.221 e. The molecule has 0 aliphatic heterocycles. The Morgan fingerprint density at radius 1 is 1.60 bits per heavy atom. The Kier molecular flexibility index (Phi) is 3.51. The van der Waals surface area contributed by atoms with E-state index in [1.54, 1.807) is 12.1 Å². The fourth-order valence-electron chi connectivity index (χ4n) is 1.03. The maximum atomic E-state index is 10.8. The van der Waals surface area contributed by atoms with E-state index in [1.807, 2.05) is 0 Å². The standard InChI is InChI=1S/C9H10ClN3O2/c1-5(14)12-8-4-6(9(11)13-15)2-3-7(8)10/h2-4,15H,1H3,(H2,11,13)(H,12,14). The Bertz CT molecular complexity index is 418. The molecular formula is C9H10ClN3O2. The van der Waals surface area contributed by atoms with Crippen molar-refractivity contribution in [2.75, 3.05) is 5.32 Å². The molecule has 15 heavy (non-hydrogen) atoms. The first-order valence-electron chi connectivity index (χ1n) is 4.09. The van der Waals surface area contributed by atoms with Crippen LogP contribution in [0.25, 0.3) is 0 Å². The molecule has 0 aliphatic rings. The van der Waals surface area contributed by atoms with Crippen molar-refractivity contribution >= 4 is 29.0 Å². The molecule has 0 bridgehead atoms. The molecule has 0 unspecified atom stereocenters. The highest BCUT2D eigenvalue weighted by Crippen LogP contribution is 2.22. The lowest BCUT2D eigenvalue weighted by atomic mass is 10.2. The number of benzene rings is 1. The quantitative estimate of drug-likeness (QED) is 0.309. The molecule has 1 aromatic carbocycles. The van der Waals surface area contributed by atoms with Gasteiger partial charge in [-0.2, -0.15) is 0 Å². The van der Waals surface area contributed by atoms with Crippen LogP contribution in [0.2, 0.25) is 5.02 Å². The second-order valence-corrected chi connectivity index (χ2v) is 3.27. The summed E-state index contributed by atoms with van der Waals surface area (Å²) in [5, 5.41) is 14.2. The molecule has 0 saturated carbocycles. The number of carbonyl (C=O) groups excluding carboxylic acids is 1. The van der Waals surface area contributed by atoms with Gasteiger partial charge in [0.1, 0.15) is 0 Å². The maximum Gasteiger partial charge on any atom is 0.221 e. The molecule has 1 rings (SSSR count). The minimum absolute atomic E-state index is 0.0433. The first-order chi connectivity index (χ1) is 7.04. The van der Waals surface area contributed by atoms with Crippen LogP contribution < -0.4 is 11.1 Å². The molecule has 0 spiro atoms. The van der Waals surface area contributed by atoms with Gasteiger partial charge >= 0.3 is 0 Å². The zero-order chi connectivity index (χ0) is 11.4. The third kappa shape index (κ3) is 2.85. The molecule has 4 N–H and O–H groups in total. The highest BCUT2D eigenvalue weighted by atomic mass is 35.5. The number of nitrogens with two attached hydrogens (primary N) is 1. The van der Waals surface area contributed by atoms with E-state index < -0.39 is 0 Å². The molecule has 1 aromatic rings. The number of carbonyl (C=O) groups is 1. The minimum Gasteiger partial charge on any atom is -0.409 e. The van der Waals surface area contributed by atoms with Gasteiger partial charge in [-0.1, -0.05) is 16.8 Å². The van der Waals surface area contributed by atoms with Crippen molar-refractivity contribution in [3.8, 4) is 0 Å². The molecule has 0 radical (unpaired) electrons. The summed E-state index contributed by atoms with van der Waals surface area (Å²) < 4.78 is 0. The number of hydrogen-bond acceptors (Lipinski definition) is 3. The topological polar surface area (TPSA) is 87.7 Å². The summed E-state index contributed by atoms with van der Waals surface area (Å²) >= 11 is 5.83. The highest BCUT2D eigenvalue weighted by molar-refractivity contribution is 6.33. The summed E-state index contributed by atoms with van der Waals surface area (Å²) in [4.78, 5) is 10.8.